The predicted molar refractivity (Wildman–Crippen MR) is 53.6 cm³/mol. The zero-order valence-corrected chi connectivity index (χ0v) is 9.38. The van der Waals surface area contributed by atoms with Gasteiger partial charge in [0, 0.05) is 7.05 Å². The number of aliphatic carboxylic acids is 1. The molecule has 0 unspecified atom stereocenters. The van der Waals surface area contributed by atoms with Crippen LogP contribution in [0.1, 0.15) is 26.2 Å². The number of hydrogen-bond donors (Lipinski definition) is 1. The topological polar surface area (TPSA) is 74.7 Å². The summed E-state index contributed by atoms with van der Waals surface area (Å²) in [6.07, 6.45) is 2.38. The van der Waals surface area contributed by atoms with Crippen molar-refractivity contribution >= 4 is 16.0 Å². The van der Waals surface area contributed by atoms with Crippen molar-refractivity contribution in [2.24, 2.45) is 0 Å². The maximum atomic E-state index is 11.4. The fourth-order valence-electron chi connectivity index (χ4n) is 0.979. The van der Waals surface area contributed by atoms with Crippen molar-refractivity contribution in [1.82, 2.24) is 4.31 Å². The summed E-state index contributed by atoms with van der Waals surface area (Å²) in [5.41, 5.74) is 0. The highest BCUT2D eigenvalue weighted by Gasteiger charge is 2.19. The molecular formula is C8H17NO4S. The van der Waals surface area contributed by atoms with Gasteiger partial charge in [-0.1, -0.05) is 19.8 Å². The Morgan fingerprint density at radius 2 is 1.93 bits per heavy atom. The van der Waals surface area contributed by atoms with Crippen LogP contribution in [0.5, 0.6) is 0 Å². The van der Waals surface area contributed by atoms with E-state index in [2.05, 4.69) is 0 Å². The fourth-order valence-corrected chi connectivity index (χ4v) is 2.17. The molecule has 0 heterocycles. The van der Waals surface area contributed by atoms with E-state index >= 15 is 0 Å². The SMILES string of the molecule is CCCCCS(=O)(=O)N(C)CC(=O)O. The Kier molecular flexibility index (Phi) is 5.71. The largest absolute Gasteiger partial charge is 0.480 e. The van der Waals surface area contributed by atoms with Crippen molar-refractivity contribution in [3.8, 4) is 0 Å². The molecule has 6 heteroatoms. The van der Waals surface area contributed by atoms with E-state index in [1.165, 1.54) is 7.05 Å². The summed E-state index contributed by atoms with van der Waals surface area (Å²) in [6.45, 7) is 1.52. The zero-order chi connectivity index (χ0) is 11.2. The van der Waals surface area contributed by atoms with Gasteiger partial charge in [-0.3, -0.25) is 4.79 Å². The third-order valence-corrected chi connectivity index (χ3v) is 3.72. The number of hydrogen-bond acceptors (Lipinski definition) is 3. The third-order valence-electron chi connectivity index (χ3n) is 1.84. The molecule has 0 saturated carbocycles. The van der Waals surface area contributed by atoms with E-state index in [0.717, 1.165) is 17.1 Å². The minimum Gasteiger partial charge on any atom is -0.480 e. The molecular weight excluding hydrogens is 206 g/mol. The first-order valence-corrected chi connectivity index (χ1v) is 6.17. The van der Waals surface area contributed by atoms with Crippen LogP contribution in [-0.4, -0.2) is 43.1 Å². The molecule has 0 aromatic heterocycles. The molecule has 5 nitrogen and oxygen atoms in total. The van der Waals surface area contributed by atoms with Gasteiger partial charge in [-0.25, -0.2) is 8.42 Å². The highest BCUT2D eigenvalue weighted by molar-refractivity contribution is 7.89. The number of likely N-dealkylation sites (N-methyl/N-ethyl adjacent to an activating group) is 1. The van der Waals surface area contributed by atoms with Crippen LogP contribution in [0.3, 0.4) is 0 Å². The molecule has 14 heavy (non-hydrogen) atoms. The normalized spacial score (nSPS) is 11.9. The lowest BCUT2D eigenvalue weighted by atomic mass is 10.3. The molecule has 84 valence electrons. The first kappa shape index (κ1) is 13.4. The molecule has 0 saturated heterocycles. The summed E-state index contributed by atoms with van der Waals surface area (Å²) >= 11 is 0. The quantitative estimate of drug-likeness (QED) is 0.639. The predicted octanol–water partition coefficient (Wildman–Crippen LogP) is 0.523. The lowest BCUT2D eigenvalue weighted by Gasteiger charge is -2.14. The summed E-state index contributed by atoms with van der Waals surface area (Å²) in [7, 11) is -2.09. The summed E-state index contributed by atoms with van der Waals surface area (Å²) in [4.78, 5) is 10.3. The summed E-state index contributed by atoms with van der Waals surface area (Å²) in [5.74, 6) is -1.10. The van der Waals surface area contributed by atoms with Crippen molar-refractivity contribution < 1.29 is 18.3 Å². The lowest BCUT2D eigenvalue weighted by molar-refractivity contribution is -0.137. The molecule has 0 radical (unpaired) electrons. The Morgan fingerprint density at radius 1 is 1.36 bits per heavy atom. The zero-order valence-electron chi connectivity index (χ0n) is 8.56. The van der Waals surface area contributed by atoms with Gasteiger partial charge in [-0.05, 0) is 6.42 Å². The second kappa shape index (κ2) is 5.98. The van der Waals surface area contributed by atoms with Crippen molar-refractivity contribution in [2.75, 3.05) is 19.3 Å². The standard InChI is InChI=1S/C8H17NO4S/c1-3-4-5-6-14(12,13)9(2)7-8(10)11/h3-7H2,1-2H3,(H,10,11). The maximum absolute atomic E-state index is 11.4. The van der Waals surface area contributed by atoms with Crippen LogP contribution in [-0.2, 0) is 14.8 Å². The highest BCUT2D eigenvalue weighted by atomic mass is 32.2. The van der Waals surface area contributed by atoms with Crippen LogP contribution in [0.25, 0.3) is 0 Å². The Hall–Kier alpha value is -0.620. The summed E-state index contributed by atoms with van der Waals surface area (Å²) in [5, 5.41) is 8.41. The summed E-state index contributed by atoms with van der Waals surface area (Å²) < 4.78 is 23.7. The second-order valence-corrected chi connectivity index (χ2v) is 5.37. The van der Waals surface area contributed by atoms with Crippen molar-refractivity contribution in [1.29, 1.82) is 0 Å². The minimum atomic E-state index is -3.38. The first-order valence-electron chi connectivity index (χ1n) is 4.56. The number of carbonyl (C=O) groups is 1. The van der Waals surface area contributed by atoms with Crippen molar-refractivity contribution in [3.05, 3.63) is 0 Å². The first-order chi connectivity index (χ1) is 6.40. The number of nitrogens with zero attached hydrogens (tertiary/aromatic N) is 1. The van der Waals surface area contributed by atoms with E-state index in [4.69, 9.17) is 5.11 Å². The van der Waals surface area contributed by atoms with E-state index in [1.54, 1.807) is 0 Å². The molecule has 0 fully saturated rings. The van der Waals surface area contributed by atoms with Crippen LogP contribution in [0, 0.1) is 0 Å². The van der Waals surface area contributed by atoms with Crippen LogP contribution in [0.15, 0.2) is 0 Å². The Morgan fingerprint density at radius 3 is 2.36 bits per heavy atom. The lowest BCUT2D eigenvalue weighted by Crippen LogP contribution is -2.33. The van der Waals surface area contributed by atoms with E-state index in [-0.39, 0.29) is 5.75 Å². The van der Waals surface area contributed by atoms with Crippen LogP contribution in [0.2, 0.25) is 0 Å². The molecule has 0 rings (SSSR count). The van der Waals surface area contributed by atoms with E-state index in [9.17, 15) is 13.2 Å². The number of sulfonamides is 1. The molecule has 0 atom stereocenters. The third kappa shape index (κ3) is 5.18. The Bertz CT molecular complexity index is 273. The van der Waals surface area contributed by atoms with E-state index in [0.29, 0.717) is 6.42 Å². The number of rotatable bonds is 7. The molecule has 0 bridgehead atoms. The second-order valence-electron chi connectivity index (χ2n) is 3.17. The van der Waals surface area contributed by atoms with Crippen LogP contribution >= 0.6 is 0 Å². The van der Waals surface area contributed by atoms with E-state index < -0.39 is 22.5 Å². The van der Waals surface area contributed by atoms with Crippen LogP contribution < -0.4 is 0 Å². The van der Waals surface area contributed by atoms with Gasteiger partial charge >= 0.3 is 5.97 Å². The number of unbranched alkanes of at least 4 members (excludes halogenated alkanes) is 2. The molecule has 0 aliphatic heterocycles. The number of carboxylic acids is 1. The molecule has 0 aromatic rings. The van der Waals surface area contributed by atoms with Gasteiger partial charge < -0.3 is 5.11 Å². The average molecular weight is 223 g/mol. The highest BCUT2D eigenvalue weighted by Crippen LogP contribution is 2.03. The van der Waals surface area contributed by atoms with Crippen molar-refractivity contribution in [2.45, 2.75) is 26.2 Å². The minimum absolute atomic E-state index is 0.0324. The van der Waals surface area contributed by atoms with Gasteiger partial charge in [-0.2, -0.15) is 4.31 Å². The molecule has 1 N–H and O–H groups in total. The smallest absolute Gasteiger partial charge is 0.318 e. The Balaban J connectivity index is 4.10. The monoisotopic (exact) mass is 223 g/mol. The van der Waals surface area contributed by atoms with Crippen molar-refractivity contribution in [3.63, 3.8) is 0 Å². The molecule has 0 aromatic carbocycles. The molecule has 0 amide bonds. The van der Waals surface area contributed by atoms with Gasteiger partial charge in [0.2, 0.25) is 10.0 Å². The van der Waals surface area contributed by atoms with E-state index in [1.807, 2.05) is 6.92 Å². The maximum Gasteiger partial charge on any atom is 0.318 e. The summed E-state index contributed by atoms with van der Waals surface area (Å²) in [6, 6.07) is 0. The van der Waals surface area contributed by atoms with Gasteiger partial charge in [0.25, 0.3) is 0 Å². The fraction of sp³-hybridized carbons (Fsp3) is 0.875. The van der Waals surface area contributed by atoms with Gasteiger partial charge in [0.15, 0.2) is 0 Å². The molecule has 0 aliphatic carbocycles. The molecule has 0 spiro atoms. The van der Waals surface area contributed by atoms with Gasteiger partial charge in [0.1, 0.15) is 6.54 Å². The number of carboxylic acid groups (broad SMARTS) is 1. The van der Waals surface area contributed by atoms with Gasteiger partial charge in [-0.15, -0.1) is 0 Å². The van der Waals surface area contributed by atoms with Gasteiger partial charge in [0.05, 0.1) is 5.75 Å². The molecule has 0 aliphatic rings. The Labute approximate surface area is 84.8 Å². The van der Waals surface area contributed by atoms with Crippen LogP contribution in [0.4, 0.5) is 0 Å². The average Bonchev–Trinajstić information content (AvgIpc) is 2.03.